The normalized spacial score (nSPS) is 8.00. The Morgan fingerprint density at radius 3 is 0.121 bits per heavy atom. The van der Waals surface area contributed by atoms with Crippen molar-refractivity contribution in [3.63, 3.8) is 0 Å². The van der Waals surface area contributed by atoms with Crippen molar-refractivity contribution >= 4 is 231 Å². The third-order valence-electron chi connectivity index (χ3n) is 0. The topological polar surface area (TPSA) is 102 Å². The van der Waals surface area contributed by atoms with Gasteiger partial charge in [0, 0.05) is 0 Å². The van der Waals surface area contributed by atoms with Crippen LogP contribution >= 0.6 is 0 Å². The molecule has 0 N–H and O–H groups in total. The molecule has 0 aromatic rings. The molecule has 33 heavy (non-hydrogen) atoms. The number of rotatable bonds is 0. The van der Waals surface area contributed by atoms with Crippen molar-refractivity contribution in [1.29, 1.82) is 0 Å². The van der Waals surface area contributed by atoms with Crippen LogP contribution in [0.5, 0.6) is 0 Å². The van der Waals surface area contributed by atoms with Crippen LogP contribution in [0.15, 0.2) is 0 Å². The van der Waals surface area contributed by atoms with Crippen LogP contribution in [0.2, 0.25) is 0 Å². The molecule has 0 fully saturated rings. The average Bonchev–Trinajstić information content (AvgIpc) is 2.68. The van der Waals surface area contributed by atoms with Gasteiger partial charge in [-0.25, -0.2) is 0 Å². The molecule has 0 saturated heterocycles. The highest BCUT2D eigenvalue weighted by Gasteiger charge is 1.31. The highest BCUT2D eigenvalue weighted by atomic mass is 28.3. The fourth-order valence-electron chi connectivity index (χ4n) is 0. The molecule has 0 spiro atoms. The molecule has 0 amide bonds. The minimum absolute atomic E-state index is 0.931. The molecule has 0 rings (SSSR count). The van der Waals surface area contributed by atoms with Crippen LogP contribution < -0.4 is 0 Å². The number of hydrogen-bond acceptors (Lipinski definition) is 11. The highest BCUT2D eigenvalue weighted by Crippen LogP contribution is 1.23. The maximum Gasteiger partial charge on any atom is 0.129 e. The van der Waals surface area contributed by atoms with E-state index in [0.29, 0.717) is 0 Å². The van der Waals surface area contributed by atoms with Gasteiger partial charge < -0.3 is 45.3 Å². The largest absolute Gasteiger partial charge is 0.471 e. The summed E-state index contributed by atoms with van der Waals surface area (Å²) in [6.45, 7) is 0. The summed E-state index contributed by atoms with van der Waals surface area (Å²) in [5, 5.41) is 0. The second-order valence-electron chi connectivity index (χ2n) is 4.49. The molecule has 11 nitrogen and oxygen atoms in total. The Kier molecular flexibility index (Phi) is 416. The van der Waals surface area contributed by atoms with Crippen molar-refractivity contribution < 1.29 is 45.3 Å². The molecule has 0 saturated carbocycles. The van der Waals surface area contributed by atoms with Gasteiger partial charge in [0.1, 0.15) is 231 Å². The molecular weight excluding hydrogens is 794 g/mol. The Morgan fingerprint density at radius 2 is 0.121 bits per heavy atom. The van der Waals surface area contributed by atoms with Gasteiger partial charge in [0.2, 0.25) is 0 Å². The molecule has 0 bridgehead atoms. The lowest BCUT2D eigenvalue weighted by atomic mass is 15.8. The van der Waals surface area contributed by atoms with Gasteiger partial charge in [-0.05, 0) is 0 Å². The van der Waals surface area contributed by atoms with Gasteiger partial charge in [0.15, 0.2) is 0 Å². The van der Waals surface area contributed by atoms with Gasteiger partial charge in [-0.1, -0.05) is 0 Å². The predicted octanol–water partition coefficient (Wildman–Crippen LogP) is -26.8. The van der Waals surface area contributed by atoms with Gasteiger partial charge in [-0.3, -0.25) is 0 Å². The van der Waals surface area contributed by atoms with E-state index < -0.39 is 0 Å². The maximum absolute atomic E-state index is 4.53. The summed E-state index contributed by atoms with van der Waals surface area (Å²) in [5.74, 6) is 0. The van der Waals surface area contributed by atoms with E-state index in [0.717, 1.165) is 231 Å². The number of hydrogen-bond donors (Lipinski definition) is 0. The van der Waals surface area contributed by atoms with E-state index in [4.69, 9.17) is 0 Å². The standard InChI is InChI=1S/11H6OSi2/c11*2-1-3/h11*2-3H3. The minimum Gasteiger partial charge on any atom is -0.471 e. The van der Waals surface area contributed by atoms with E-state index in [1.54, 1.807) is 0 Å². The lowest BCUT2D eigenvalue weighted by molar-refractivity contribution is 0.690. The van der Waals surface area contributed by atoms with Gasteiger partial charge in [0.05, 0.1) is 0 Å². The summed E-state index contributed by atoms with van der Waals surface area (Å²) in [7, 11) is 20.5. The molecule has 0 heterocycles. The van der Waals surface area contributed by atoms with E-state index in [1.807, 2.05) is 0 Å². The smallest absolute Gasteiger partial charge is 0.129 e. The minimum atomic E-state index is 0.931. The molecule has 220 valence electrons. The molecule has 0 aliphatic carbocycles. The molecule has 0 unspecified atom stereocenters. The summed E-state index contributed by atoms with van der Waals surface area (Å²) in [5.41, 5.74) is 0. The SMILES string of the molecule is [SiH3]O[SiH3].[SiH3]O[SiH3].[SiH3]O[SiH3].[SiH3]O[SiH3].[SiH3]O[SiH3].[SiH3]O[SiH3].[SiH3]O[SiH3].[SiH3]O[SiH3].[SiH3]O[SiH3].[SiH3]O[SiH3].[SiH3]O[SiH3]. The Labute approximate surface area is 273 Å². The van der Waals surface area contributed by atoms with Crippen LogP contribution in [0.1, 0.15) is 0 Å². The van der Waals surface area contributed by atoms with Crippen molar-refractivity contribution in [2.75, 3.05) is 0 Å². The predicted molar refractivity (Wildman–Crippen MR) is 231 cm³/mol. The van der Waals surface area contributed by atoms with Crippen LogP contribution in [0, 0.1) is 0 Å². The van der Waals surface area contributed by atoms with Crippen molar-refractivity contribution in [2.24, 2.45) is 0 Å². The Morgan fingerprint density at radius 1 is 0.121 bits per heavy atom. The monoisotopic (exact) mass is 858 g/mol. The fraction of sp³-hybridized carbons (Fsp3) is 0. The molecular formula is H66O11Si22. The zero-order chi connectivity index (χ0) is 29.8. The average molecular weight is 860 g/mol. The molecule has 0 aliphatic heterocycles. The van der Waals surface area contributed by atoms with E-state index in [9.17, 15) is 0 Å². The zero-order valence-electron chi connectivity index (χ0n) is 26.5. The Balaban J connectivity index is -0.0000000179. The lowest BCUT2D eigenvalue weighted by Gasteiger charge is -1.62. The van der Waals surface area contributed by atoms with Crippen LogP contribution in [-0.4, -0.2) is 231 Å². The molecule has 0 aromatic carbocycles. The molecule has 0 radical (unpaired) electrons. The quantitative estimate of drug-likeness (QED) is 0.218. The highest BCUT2D eigenvalue weighted by molar-refractivity contribution is 6.18. The van der Waals surface area contributed by atoms with Gasteiger partial charge >= 0.3 is 0 Å². The molecule has 0 aromatic heterocycles. The molecule has 0 aliphatic rings. The van der Waals surface area contributed by atoms with Crippen LogP contribution in [-0.2, 0) is 45.3 Å². The van der Waals surface area contributed by atoms with Crippen LogP contribution in [0.4, 0.5) is 0 Å². The second-order valence-corrected chi connectivity index (χ2v) is 40.4. The third kappa shape index (κ3) is 2280. The van der Waals surface area contributed by atoms with Crippen LogP contribution in [0.3, 0.4) is 0 Å². The molecule has 33 heteroatoms. The van der Waals surface area contributed by atoms with Gasteiger partial charge in [-0.2, -0.15) is 0 Å². The summed E-state index contributed by atoms with van der Waals surface area (Å²) >= 11 is 0. The second kappa shape index (κ2) is 193. The summed E-state index contributed by atoms with van der Waals surface area (Å²) < 4.78 is 49.8. The first-order valence-electron chi connectivity index (χ1n) is 8.98. The van der Waals surface area contributed by atoms with E-state index in [1.165, 1.54) is 0 Å². The lowest BCUT2D eigenvalue weighted by Crippen LogP contribution is -1.65. The Bertz CT molecular complexity index is 68.4. The van der Waals surface area contributed by atoms with E-state index >= 15 is 0 Å². The van der Waals surface area contributed by atoms with Crippen LogP contribution in [0.25, 0.3) is 0 Å². The summed E-state index contributed by atoms with van der Waals surface area (Å²) in [6, 6.07) is 0. The van der Waals surface area contributed by atoms with E-state index in [-0.39, 0.29) is 0 Å². The zero-order valence-corrected chi connectivity index (χ0v) is 70.5. The van der Waals surface area contributed by atoms with Crippen molar-refractivity contribution in [3.8, 4) is 0 Å². The first kappa shape index (κ1) is 71.1. The maximum atomic E-state index is 4.53. The van der Waals surface area contributed by atoms with Crippen molar-refractivity contribution in [1.82, 2.24) is 0 Å². The molecule has 0 atom stereocenters. The first-order chi connectivity index (χ1) is 15.6. The van der Waals surface area contributed by atoms with Crippen molar-refractivity contribution in [2.45, 2.75) is 0 Å². The summed E-state index contributed by atoms with van der Waals surface area (Å²) in [4.78, 5) is 0. The third-order valence-corrected chi connectivity index (χ3v) is 0. The van der Waals surface area contributed by atoms with Gasteiger partial charge in [-0.15, -0.1) is 0 Å². The van der Waals surface area contributed by atoms with Gasteiger partial charge in [0.25, 0.3) is 0 Å². The summed E-state index contributed by atoms with van der Waals surface area (Å²) in [6.07, 6.45) is 0. The van der Waals surface area contributed by atoms with E-state index in [2.05, 4.69) is 45.3 Å². The van der Waals surface area contributed by atoms with Crippen molar-refractivity contribution in [3.05, 3.63) is 0 Å². The fourth-order valence-corrected chi connectivity index (χ4v) is 0. The Hall–Kier alpha value is 4.33. The first-order valence-corrected chi connectivity index (χ1v) is 26.9.